The van der Waals surface area contributed by atoms with Crippen molar-refractivity contribution in [2.24, 2.45) is 7.05 Å². The number of hydrogen-bond donors (Lipinski definition) is 0. The third-order valence-electron chi connectivity index (χ3n) is 3.91. The quantitative estimate of drug-likeness (QED) is 0.628. The highest BCUT2D eigenvalue weighted by molar-refractivity contribution is 6.49. The smallest absolute Gasteiger partial charge is 0.295 e. The highest BCUT2D eigenvalue weighted by atomic mass is 35.5. The van der Waals surface area contributed by atoms with Gasteiger partial charge in [0, 0.05) is 30.5 Å². The molecule has 0 aliphatic carbocycles. The second-order valence-corrected chi connectivity index (χ2v) is 6.01. The number of aryl methyl sites for hydroxylation is 1. The van der Waals surface area contributed by atoms with E-state index in [9.17, 15) is 9.59 Å². The third-order valence-corrected chi connectivity index (χ3v) is 4.58. The van der Waals surface area contributed by atoms with E-state index in [0.717, 1.165) is 18.4 Å². The highest BCUT2D eigenvalue weighted by Gasteiger charge is 2.30. The van der Waals surface area contributed by atoms with E-state index >= 15 is 0 Å². The van der Waals surface area contributed by atoms with Crippen LogP contribution in [0.3, 0.4) is 0 Å². The normalized spacial score (nSPS) is 14.9. The predicted molar refractivity (Wildman–Crippen MR) is 83.1 cm³/mol. The Morgan fingerprint density at radius 2 is 1.81 bits per heavy atom. The first kappa shape index (κ1) is 14.4. The number of Topliss-reactive ketones (excluding diaryl/α,β-unsaturated/α-hetero) is 1. The van der Waals surface area contributed by atoms with Crippen LogP contribution in [0.25, 0.3) is 10.9 Å². The SMILES string of the molecule is Cn1c(Cl)c(C(=O)C(=O)N2CCCC2)c2ccc(Cl)cc21. The van der Waals surface area contributed by atoms with Gasteiger partial charge < -0.3 is 9.47 Å². The van der Waals surface area contributed by atoms with Gasteiger partial charge in [-0.1, -0.05) is 29.3 Å². The highest BCUT2D eigenvalue weighted by Crippen LogP contribution is 2.31. The first-order chi connectivity index (χ1) is 10.0. The van der Waals surface area contributed by atoms with E-state index in [2.05, 4.69) is 0 Å². The largest absolute Gasteiger partial charge is 0.336 e. The van der Waals surface area contributed by atoms with E-state index in [0.29, 0.717) is 23.5 Å². The average molecular weight is 325 g/mol. The molecule has 1 saturated heterocycles. The van der Waals surface area contributed by atoms with E-state index in [-0.39, 0.29) is 10.7 Å². The van der Waals surface area contributed by atoms with Crippen molar-refractivity contribution < 1.29 is 9.59 Å². The summed E-state index contributed by atoms with van der Waals surface area (Å²) in [5, 5.41) is 1.49. The van der Waals surface area contributed by atoms with Gasteiger partial charge >= 0.3 is 0 Å². The molecule has 4 nitrogen and oxygen atoms in total. The van der Waals surface area contributed by atoms with Crippen LogP contribution in [0.1, 0.15) is 23.2 Å². The number of rotatable bonds is 2. The molecule has 0 saturated carbocycles. The van der Waals surface area contributed by atoms with E-state index in [4.69, 9.17) is 23.2 Å². The molecule has 1 aromatic heterocycles. The number of carbonyl (C=O) groups is 2. The lowest BCUT2D eigenvalue weighted by Gasteiger charge is -2.13. The molecule has 1 amide bonds. The topological polar surface area (TPSA) is 42.3 Å². The van der Waals surface area contributed by atoms with Gasteiger partial charge in [0.2, 0.25) is 0 Å². The molecule has 0 spiro atoms. The Morgan fingerprint density at radius 3 is 2.48 bits per heavy atom. The van der Waals surface area contributed by atoms with Crippen LogP contribution in [-0.2, 0) is 11.8 Å². The number of ketones is 1. The molecular formula is C15H14Cl2N2O2. The number of halogens is 2. The van der Waals surface area contributed by atoms with Gasteiger partial charge in [-0.3, -0.25) is 9.59 Å². The van der Waals surface area contributed by atoms with Gasteiger partial charge in [0.1, 0.15) is 5.15 Å². The number of nitrogens with zero attached hydrogens (tertiary/aromatic N) is 2. The molecule has 1 aliphatic rings. The fourth-order valence-electron chi connectivity index (χ4n) is 2.77. The summed E-state index contributed by atoms with van der Waals surface area (Å²) in [6, 6.07) is 5.16. The lowest BCUT2D eigenvalue weighted by Crippen LogP contribution is -2.34. The monoisotopic (exact) mass is 324 g/mol. The number of carbonyl (C=O) groups excluding carboxylic acids is 2. The number of fused-ring (bicyclic) bond motifs is 1. The summed E-state index contributed by atoms with van der Waals surface area (Å²) >= 11 is 12.2. The van der Waals surface area contributed by atoms with Crippen LogP contribution in [0.15, 0.2) is 18.2 Å². The molecule has 3 rings (SSSR count). The second kappa shape index (κ2) is 5.35. The maximum atomic E-state index is 12.5. The Kier molecular flexibility index (Phi) is 3.68. The molecular weight excluding hydrogens is 311 g/mol. The molecule has 0 atom stereocenters. The van der Waals surface area contributed by atoms with Crippen molar-refractivity contribution in [3.8, 4) is 0 Å². The third kappa shape index (κ3) is 2.32. The number of aromatic nitrogens is 1. The Balaban J connectivity index is 2.09. The summed E-state index contributed by atoms with van der Waals surface area (Å²) in [5.74, 6) is -1.02. The molecule has 2 aromatic rings. The predicted octanol–water partition coefficient (Wildman–Crippen LogP) is 3.29. The van der Waals surface area contributed by atoms with Gasteiger partial charge in [0.05, 0.1) is 11.1 Å². The number of benzene rings is 1. The molecule has 1 aromatic carbocycles. The Bertz CT molecular complexity index is 746. The van der Waals surface area contributed by atoms with Crippen LogP contribution in [0.2, 0.25) is 10.2 Å². The van der Waals surface area contributed by atoms with Gasteiger partial charge in [0.15, 0.2) is 0 Å². The van der Waals surface area contributed by atoms with Crippen molar-refractivity contribution in [2.75, 3.05) is 13.1 Å². The maximum absolute atomic E-state index is 12.5. The van der Waals surface area contributed by atoms with Crippen LogP contribution in [0.5, 0.6) is 0 Å². The first-order valence-electron chi connectivity index (χ1n) is 6.77. The molecule has 110 valence electrons. The van der Waals surface area contributed by atoms with E-state index < -0.39 is 11.7 Å². The zero-order valence-corrected chi connectivity index (χ0v) is 13.0. The summed E-state index contributed by atoms with van der Waals surface area (Å²) < 4.78 is 1.67. The van der Waals surface area contributed by atoms with Crippen LogP contribution >= 0.6 is 23.2 Å². The Hall–Kier alpha value is -1.52. The summed E-state index contributed by atoms with van der Waals surface area (Å²) in [5.41, 5.74) is 1.01. The molecule has 1 fully saturated rings. The Morgan fingerprint density at radius 1 is 1.14 bits per heavy atom. The van der Waals surface area contributed by atoms with E-state index in [1.54, 1.807) is 34.7 Å². The van der Waals surface area contributed by atoms with E-state index in [1.165, 1.54) is 0 Å². The van der Waals surface area contributed by atoms with Gasteiger partial charge in [-0.2, -0.15) is 0 Å². The zero-order chi connectivity index (χ0) is 15.1. The van der Waals surface area contributed by atoms with Crippen molar-refractivity contribution in [1.82, 2.24) is 9.47 Å². The number of amides is 1. The molecule has 0 radical (unpaired) electrons. The van der Waals surface area contributed by atoms with E-state index in [1.807, 2.05) is 0 Å². The van der Waals surface area contributed by atoms with Gasteiger partial charge in [0.25, 0.3) is 11.7 Å². The van der Waals surface area contributed by atoms with Crippen molar-refractivity contribution in [3.63, 3.8) is 0 Å². The molecule has 21 heavy (non-hydrogen) atoms. The molecule has 2 heterocycles. The number of hydrogen-bond acceptors (Lipinski definition) is 2. The Labute approximate surface area is 132 Å². The van der Waals surface area contributed by atoms with Crippen LogP contribution in [-0.4, -0.2) is 34.2 Å². The summed E-state index contributed by atoms with van der Waals surface area (Å²) in [4.78, 5) is 26.4. The fraction of sp³-hybridized carbons (Fsp3) is 0.333. The minimum absolute atomic E-state index is 0.266. The summed E-state index contributed by atoms with van der Waals surface area (Å²) in [6.45, 7) is 1.28. The lowest BCUT2D eigenvalue weighted by molar-refractivity contribution is -0.125. The summed E-state index contributed by atoms with van der Waals surface area (Å²) in [7, 11) is 1.75. The molecule has 6 heteroatoms. The van der Waals surface area contributed by atoms with Gasteiger partial charge in [-0.05, 0) is 25.0 Å². The molecule has 0 unspecified atom stereocenters. The fourth-order valence-corrected chi connectivity index (χ4v) is 3.21. The van der Waals surface area contributed by atoms with Crippen LogP contribution in [0, 0.1) is 0 Å². The lowest BCUT2D eigenvalue weighted by atomic mass is 10.1. The zero-order valence-electron chi connectivity index (χ0n) is 11.5. The maximum Gasteiger partial charge on any atom is 0.295 e. The molecule has 0 N–H and O–H groups in total. The average Bonchev–Trinajstić information content (AvgIpc) is 3.07. The minimum Gasteiger partial charge on any atom is -0.336 e. The first-order valence-corrected chi connectivity index (χ1v) is 7.53. The van der Waals surface area contributed by atoms with Gasteiger partial charge in [-0.25, -0.2) is 0 Å². The molecule has 1 aliphatic heterocycles. The summed E-state index contributed by atoms with van der Waals surface area (Å²) in [6.07, 6.45) is 1.88. The van der Waals surface area contributed by atoms with Crippen molar-refractivity contribution in [3.05, 3.63) is 33.9 Å². The van der Waals surface area contributed by atoms with Crippen molar-refractivity contribution in [1.29, 1.82) is 0 Å². The van der Waals surface area contributed by atoms with Crippen LogP contribution in [0.4, 0.5) is 0 Å². The molecule has 0 bridgehead atoms. The van der Waals surface area contributed by atoms with Crippen LogP contribution < -0.4 is 0 Å². The van der Waals surface area contributed by atoms with Crippen molar-refractivity contribution >= 4 is 45.8 Å². The minimum atomic E-state index is -0.546. The van der Waals surface area contributed by atoms with Crippen molar-refractivity contribution in [2.45, 2.75) is 12.8 Å². The second-order valence-electron chi connectivity index (χ2n) is 5.21. The van der Waals surface area contributed by atoms with Gasteiger partial charge in [-0.15, -0.1) is 0 Å². The standard InChI is InChI=1S/C15H14Cl2N2O2/c1-18-11-8-9(16)4-5-10(11)12(14(18)17)13(20)15(21)19-6-2-3-7-19/h4-5,8H,2-3,6-7H2,1H3. The number of likely N-dealkylation sites (tertiary alicyclic amines) is 1.